The van der Waals surface area contributed by atoms with Crippen LogP contribution in [0.2, 0.25) is 10.0 Å². The second-order valence-corrected chi connectivity index (χ2v) is 6.44. The molecule has 1 aliphatic heterocycles. The lowest BCUT2D eigenvalue weighted by molar-refractivity contribution is 0.288. The van der Waals surface area contributed by atoms with Crippen molar-refractivity contribution in [3.05, 3.63) is 33.8 Å². The fourth-order valence-corrected chi connectivity index (χ4v) is 3.57. The maximum absolute atomic E-state index is 6.36. The fraction of sp³-hybridized carbons (Fsp3) is 0.625. The number of halogens is 2. The van der Waals surface area contributed by atoms with Crippen LogP contribution in [0.1, 0.15) is 51.0 Å². The first-order chi connectivity index (χ1) is 9.17. The molecule has 2 rings (SSSR count). The predicted octanol–water partition coefficient (Wildman–Crippen LogP) is 5.24. The van der Waals surface area contributed by atoms with Gasteiger partial charge in [0.05, 0.1) is 10.0 Å². The van der Waals surface area contributed by atoms with Crippen LogP contribution in [0.15, 0.2) is 18.2 Å². The summed E-state index contributed by atoms with van der Waals surface area (Å²) in [5.41, 5.74) is 1.39. The summed E-state index contributed by atoms with van der Waals surface area (Å²) in [6.45, 7) is 3.38. The molecule has 0 bridgehead atoms. The van der Waals surface area contributed by atoms with E-state index in [4.69, 9.17) is 23.2 Å². The Balaban J connectivity index is 2.21. The van der Waals surface area contributed by atoms with E-state index in [0.29, 0.717) is 5.02 Å². The Morgan fingerprint density at radius 1 is 1.21 bits per heavy atom. The van der Waals surface area contributed by atoms with Crippen LogP contribution in [-0.2, 0) is 6.42 Å². The molecule has 1 atom stereocenters. The van der Waals surface area contributed by atoms with Gasteiger partial charge in [0.15, 0.2) is 0 Å². The Kier molecular flexibility index (Phi) is 5.56. The summed E-state index contributed by atoms with van der Waals surface area (Å²) >= 11 is 12.5. The topological polar surface area (TPSA) is 12.0 Å². The van der Waals surface area contributed by atoms with Gasteiger partial charge in [0.2, 0.25) is 0 Å². The Morgan fingerprint density at radius 2 is 2.05 bits per heavy atom. The smallest absolute Gasteiger partial charge is 0.0624 e. The monoisotopic (exact) mass is 299 g/mol. The molecular weight excluding hydrogens is 277 g/mol. The zero-order valence-electron chi connectivity index (χ0n) is 11.6. The fourth-order valence-electron chi connectivity index (χ4n) is 3.19. The molecule has 1 N–H and O–H groups in total. The average Bonchev–Trinajstić information content (AvgIpc) is 2.62. The van der Waals surface area contributed by atoms with Gasteiger partial charge in [-0.2, -0.15) is 0 Å². The molecule has 1 aromatic carbocycles. The quantitative estimate of drug-likeness (QED) is 0.802. The van der Waals surface area contributed by atoms with Gasteiger partial charge in [-0.1, -0.05) is 61.5 Å². The van der Waals surface area contributed by atoms with Gasteiger partial charge in [0, 0.05) is 5.54 Å². The van der Waals surface area contributed by atoms with E-state index >= 15 is 0 Å². The number of benzene rings is 1. The summed E-state index contributed by atoms with van der Waals surface area (Å²) in [5, 5.41) is 5.18. The van der Waals surface area contributed by atoms with Crippen LogP contribution in [0.3, 0.4) is 0 Å². The van der Waals surface area contributed by atoms with E-state index in [-0.39, 0.29) is 5.54 Å². The van der Waals surface area contributed by atoms with Crippen LogP contribution in [0.5, 0.6) is 0 Å². The Hall–Kier alpha value is -0.240. The van der Waals surface area contributed by atoms with Crippen LogP contribution in [0, 0.1) is 0 Å². The van der Waals surface area contributed by atoms with Crippen LogP contribution >= 0.6 is 23.2 Å². The van der Waals surface area contributed by atoms with Crippen molar-refractivity contribution < 1.29 is 0 Å². The third-order valence-electron chi connectivity index (χ3n) is 4.12. The highest BCUT2D eigenvalue weighted by atomic mass is 35.5. The molecule has 0 amide bonds. The summed E-state index contributed by atoms with van der Waals surface area (Å²) in [6, 6.07) is 5.97. The third-order valence-corrected chi connectivity index (χ3v) is 4.98. The predicted molar refractivity (Wildman–Crippen MR) is 84.3 cm³/mol. The first kappa shape index (κ1) is 15.2. The lowest BCUT2D eigenvalue weighted by atomic mass is 9.83. The highest BCUT2D eigenvalue weighted by Gasteiger charge is 2.30. The van der Waals surface area contributed by atoms with Crippen LogP contribution in [-0.4, -0.2) is 12.1 Å². The van der Waals surface area contributed by atoms with Crippen molar-refractivity contribution in [1.82, 2.24) is 5.32 Å². The summed E-state index contributed by atoms with van der Waals surface area (Å²) in [7, 11) is 0. The normalized spacial score (nSPS) is 24.2. The van der Waals surface area contributed by atoms with Gasteiger partial charge < -0.3 is 5.32 Å². The standard InChI is InChI=1S/C16H23Cl2N/c1-2-9-16(10-4-3-5-11-19-16)12-13-7-6-8-14(17)15(13)18/h6-8,19H,2-5,9-12H2,1H3. The van der Waals surface area contributed by atoms with E-state index < -0.39 is 0 Å². The second-order valence-electron chi connectivity index (χ2n) is 5.66. The molecule has 1 nitrogen and oxygen atoms in total. The van der Waals surface area contributed by atoms with Crippen LogP contribution in [0.4, 0.5) is 0 Å². The number of hydrogen-bond donors (Lipinski definition) is 1. The van der Waals surface area contributed by atoms with Crippen molar-refractivity contribution in [3.8, 4) is 0 Å². The summed E-state index contributed by atoms with van der Waals surface area (Å²) in [5.74, 6) is 0. The Morgan fingerprint density at radius 3 is 2.84 bits per heavy atom. The van der Waals surface area contributed by atoms with E-state index in [9.17, 15) is 0 Å². The van der Waals surface area contributed by atoms with Crippen LogP contribution in [0.25, 0.3) is 0 Å². The molecule has 0 spiro atoms. The highest BCUT2D eigenvalue weighted by molar-refractivity contribution is 6.42. The van der Waals surface area contributed by atoms with Crippen molar-refractivity contribution in [2.45, 2.75) is 57.4 Å². The molecule has 3 heteroatoms. The van der Waals surface area contributed by atoms with E-state index in [1.54, 1.807) is 0 Å². The zero-order valence-corrected chi connectivity index (χ0v) is 13.2. The molecule has 0 radical (unpaired) electrons. The third kappa shape index (κ3) is 3.87. The highest BCUT2D eigenvalue weighted by Crippen LogP contribution is 2.33. The second kappa shape index (κ2) is 6.97. The van der Waals surface area contributed by atoms with Gasteiger partial charge in [-0.15, -0.1) is 0 Å². The SMILES string of the molecule is CCCC1(Cc2cccc(Cl)c2Cl)CCCCCN1. The molecule has 0 aliphatic carbocycles. The van der Waals surface area contributed by atoms with Crippen LogP contribution < -0.4 is 5.32 Å². The molecular formula is C16H23Cl2N. The molecule has 1 unspecified atom stereocenters. The minimum atomic E-state index is 0.208. The van der Waals surface area contributed by atoms with Gasteiger partial charge in [0.25, 0.3) is 0 Å². The molecule has 1 aromatic rings. The number of hydrogen-bond acceptors (Lipinski definition) is 1. The molecule has 0 saturated carbocycles. The van der Waals surface area contributed by atoms with Gasteiger partial charge in [-0.25, -0.2) is 0 Å². The summed E-state index contributed by atoms with van der Waals surface area (Å²) < 4.78 is 0. The maximum atomic E-state index is 6.36. The molecule has 106 valence electrons. The molecule has 1 saturated heterocycles. The van der Waals surface area contributed by atoms with Crippen molar-refractivity contribution >= 4 is 23.2 Å². The summed E-state index contributed by atoms with van der Waals surface area (Å²) in [4.78, 5) is 0. The summed E-state index contributed by atoms with van der Waals surface area (Å²) in [6.07, 6.45) is 8.56. The largest absolute Gasteiger partial charge is 0.311 e. The molecule has 1 fully saturated rings. The van der Waals surface area contributed by atoms with E-state index in [1.165, 1.54) is 44.1 Å². The van der Waals surface area contributed by atoms with Crippen molar-refractivity contribution in [2.75, 3.05) is 6.54 Å². The Labute approximate surface area is 126 Å². The van der Waals surface area contributed by atoms with Crippen molar-refractivity contribution in [3.63, 3.8) is 0 Å². The van der Waals surface area contributed by atoms with Gasteiger partial charge in [-0.05, 0) is 43.9 Å². The lowest BCUT2D eigenvalue weighted by Gasteiger charge is -2.34. The molecule has 1 heterocycles. The Bertz CT molecular complexity index is 409. The minimum absolute atomic E-state index is 0.208. The van der Waals surface area contributed by atoms with Gasteiger partial charge in [-0.3, -0.25) is 0 Å². The zero-order chi connectivity index (χ0) is 13.7. The number of rotatable bonds is 4. The van der Waals surface area contributed by atoms with E-state index in [2.05, 4.69) is 18.3 Å². The maximum Gasteiger partial charge on any atom is 0.0624 e. The van der Waals surface area contributed by atoms with Gasteiger partial charge in [0.1, 0.15) is 0 Å². The molecule has 0 aromatic heterocycles. The average molecular weight is 300 g/mol. The first-order valence-electron chi connectivity index (χ1n) is 7.35. The van der Waals surface area contributed by atoms with Gasteiger partial charge >= 0.3 is 0 Å². The lowest BCUT2D eigenvalue weighted by Crippen LogP contribution is -2.46. The number of nitrogens with one attached hydrogen (secondary N) is 1. The van der Waals surface area contributed by atoms with E-state index in [0.717, 1.165) is 18.0 Å². The molecule has 1 aliphatic rings. The van der Waals surface area contributed by atoms with Crippen molar-refractivity contribution in [1.29, 1.82) is 0 Å². The molecule has 19 heavy (non-hydrogen) atoms. The van der Waals surface area contributed by atoms with Crippen molar-refractivity contribution in [2.24, 2.45) is 0 Å². The minimum Gasteiger partial charge on any atom is -0.311 e. The van der Waals surface area contributed by atoms with E-state index in [1.807, 2.05) is 12.1 Å². The first-order valence-corrected chi connectivity index (χ1v) is 8.10.